The molecule has 3 atom stereocenters. The predicted octanol–water partition coefficient (Wildman–Crippen LogP) is 5.72. The highest BCUT2D eigenvalue weighted by molar-refractivity contribution is 5.93. The first kappa shape index (κ1) is 24.8. The fourth-order valence-corrected chi connectivity index (χ4v) is 5.58. The number of aromatic nitrogens is 1. The van der Waals surface area contributed by atoms with Crippen LogP contribution in [0.4, 0.5) is 0 Å². The Hall–Kier alpha value is -3.86. The van der Waals surface area contributed by atoms with E-state index in [9.17, 15) is 9.59 Å². The lowest BCUT2D eigenvalue weighted by molar-refractivity contribution is -0.130. The van der Waals surface area contributed by atoms with Gasteiger partial charge in [-0.15, -0.1) is 0 Å². The number of fused-ring (bicyclic) bond motifs is 1. The van der Waals surface area contributed by atoms with E-state index in [2.05, 4.69) is 28.6 Å². The summed E-state index contributed by atoms with van der Waals surface area (Å²) in [6.07, 6.45) is 6.80. The number of amides is 2. The summed E-state index contributed by atoms with van der Waals surface area (Å²) in [6, 6.07) is 27.1. The van der Waals surface area contributed by atoms with Gasteiger partial charge >= 0.3 is 0 Å². The van der Waals surface area contributed by atoms with Gasteiger partial charge in [0, 0.05) is 29.6 Å². The monoisotopic (exact) mass is 493 g/mol. The standard InChI is InChI=1S/C32H35N3O2/c1-22-12-8-10-18-27(22)34-31(36)29(20-25-21-33-28-19-11-9-17-26(25)28)35-32(37)30(23-13-4-2-5-14-23)24-15-6-3-7-16-24/h2-7,9,11,13-17,19,21-22,27,29-30,33H,8,10,12,18,20H2,1H3,(H,34,36)(H,35,37). The molecule has 0 radical (unpaired) electrons. The Morgan fingerprint density at radius 1 is 0.838 bits per heavy atom. The van der Waals surface area contributed by atoms with Crippen molar-refractivity contribution >= 4 is 22.7 Å². The van der Waals surface area contributed by atoms with Gasteiger partial charge in [-0.2, -0.15) is 0 Å². The van der Waals surface area contributed by atoms with Gasteiger partial charge in [-0.25, -0.2) is 0 Å². The largest absolute Gasteiger partial charge is 0.361 e. The predicted molar refractivity (Wildman–Crippen MR) is 148 cm³/mol. The molecule has 2 amide bonds. The third-order valence-corrected chi connectivity index (χ3v) is 7.70. The molecule has 3 unspecified atom stereocenters. The highest BCUT2D eigenvalue weighted by Crippen LogP contribution is 2.27. The molecule has 190 valence electrons. The number of rotatable bonds is 8. The molecule has 4 aromatic rings. The molecule has 1 fully saturated rings. The Morgan fingerprint density at radius 2 is 1.46 bits per heavy atom. The molecule has 3 aromatic carbocycles. The van der Waals surface area contributed by atoms with E-state index in [-0.39, 0.29) is 17.9 Å². The van der Waals surface area contributed by atoms with E-state index in [1.54, 1.807) is 0 Å². The van der Waals surface area contributed by atoms with Crippen LogP contribution >= 0.6 is 0 Å². The Balaban J connectivity index is 1.44. The second-order valence-electron chi connectivity index (χ2n) is 10.3. The average Bonchev–Trinajstić information content (AvgIpc) is 3.34. The third-order valence-electron chi connectivity index (χ3n) is 7.70. The van der Waals surface area contributed by atoms with Gasteiger partial charge in [0.25, 0.3) is 0 Å². The maximum Gasteiger partial charge on any atom is 0.243 e. The number of benzene rings is 3. The molecule has 0 saturated heterocycles. The van der Waals surface area contributed by atoms with Crippen LogP contribution in [0.15, 0.2) is 91.1 Å². The van der Waals surface area contributed by atoms with Gasteiger partial charge in [0.2, 0.25) is 11.8 Å². The smallest absolute Gasteiger partial charge is 0.243 e. The Bertz CT molecular complexity index is 1290. The molecule has 5 heteroatoms. The number of carbonyl (C=O) groups excluding carboxylic acids is 2. The van der Waals surface area contributed by atoms with Crippen molar-refractivity contribution < 1.29 is 9.59 Å². The number of hydrogen-bond donors (Lipinski definition) is 3. The second kappa shape index (κ2) is 11.5. The fraction of sp³-hybridized carbons (Fsp3) is 0.312. The van der Waals surface area contributed by atoms with Crippen molar-refractivity contribution in [1.29, 1.82) is 0 Å². The summed E-state index contributed by atoms with van der Waals surface area (Å²) in [5.41, 5.74) is 3.84. The van der Waals surface area contributed by atoms with Gasteiger partial charge in [-0.05, 0) is 41.5 Å². The van der Waals surface area contributed by atoms with Gasteiger partial charge in [0.05, 0.1) is 5.92 Å². The zero-order chi connectivity index (χ0) is 25.6. The number of carbonyl (C=O) groups is 2. The molecule has 5 nitrogen and oxygen atoms in total. The van der Waals surface area contributed by atoms with Crippen LogP contribution in [0, 0.1) is 5.92 Å². The third kappa shape index (κ3) is 5.77. The molecular formula is C32H35N3O2. The first-order valence-corrected chi connectivity index (χ1v) is 13.4. The van der Waals surface area contributed by atoms with Crippen LogP contribution in [0.5, 0.6) is 0 Å². The SMILES string of the molecule is CC1CCCCC1NC(=O)C(Cc1c[nH]c2ccccc12)NC(=O)C(c1ccccc1)c1ccccc1. The van der Waals surface area contributed by atoms with E-state index in [1.807, 2.05) is 85.1 Å². The molecule has 1 aromatic heterocycles. The first-order chi connectivity index (χ1) is 18.1. The summed E-state index contributed by atoms with van der Waals surface area (Å²) >= 11 is 0. The van der Waals surface area contributed by atoms with E-state index < -0.39 is 12.0 Å². The highest BCUT2D eigenvalue weighted by Gasteiger charge is 2.31. The van der Waals surface area contributed by atoms with Crippen molar-refractivity contribution in [3.8, 4) is 0 Å². The van der Waals surface area contributed by atoms with Gasteiger partial charge in [-0.1, -0.05) is 98.6 Å². The summed E-state index contributed by atoms with van der Waals surface area (Å²) in [6.45, 7) is 2.21. The van der Waals surface area contributed by atoms with Crippen molar-refractivity contribution in [2.75, 3.05) is 0 Å². The van der Waals surface area contributed by atoms with E-state index in [1.165, 1.54) is 6.42 Å². The Kier molecular flexibility index (Phi) is 7.69. The molecule has 5 rings (SSSR count). The van der Waals surface area contributed by atoms with E-state index in [4.69, 9.17) is 0 Å². The first-order valence-electron chi connectivity index (χ1n) is 13.4. The molecule has 1 saturated carbocycles. The minimum absolute atomic E-state index is 0.114. The number of aromatic amines is 1. The van der Waals surface area contributed by atoms with Crippen molar-refractivity contribution in [3.05, 3.63) is 108 Å². The van der Waals surface area contributed by atoms with Crippen LogP contribution in [0.1, 0.15) is 55.2 Å². The van der Waals surface area contributed by atoms with Crippen LogP contribution in [-0.2, 0) is 16.0 Å². The van der Waals surface area contributed by atoms with Crippen molar-refractivity contribution in [2.24, 2.45) is 5.92 Å². The molecule has 0 aliphatic heterocycles. The molecule has 37 heavy (non-hydrogen) atoms. The topological polar surface area (TPSA) is 74.0 Å². The molecule has 0 spiro atoms. The maximum absolute atomic E-state index is 13.9. The van der Waals surface area contributed by atoms with Gasteiger partial charge < -0.3 is 15.6 Å². The Morgan fingerprint density at radius 3 is 2.14 bits per heavy atom. The summed E-state index contributed by atoms with van der Waals surface area (Å²) in [7, 11) is 0. The van der Waals surface area contributed by atoms with Gasteiger partial charge in [-0.3, -0.25) is 9.59 Å². The summed E-state index contributed by atoms with van der Waals surface area (Å²) in [4.78, 5) is 30.9. The highest BCUT2D eigenvalue weighted by atomic mass is 16.2. The zero-order valence-electron chi connectivity index (χ0n) is 21.3. The molecule has 1 heterocycles. The van der Waals surface area contributed by atoms with Crippen LogP contribution in [-0.4, -0.2) is 28.9 Å². The lowest BCUT2D eigenvalue weighted by Crippen LogP contribution is -2.53. The number of para-hydroxylation sites is 1. The molecular weight excluding hydrogens is 458 g/mol. The summed E-state index contributed by atoms with van der Waals surface area (Å²) in [5, 5.41) is 7.52. The average molecular weight is 494 g/mol. The fourth-order valence-electron chi connectivity index (χ4n) is 5.58. The number of nitrogens with one attached hydrogen (secondary N) is 3. The summed E-state index contributed by atoms with van der Waals surface area (Å²) < 4.78 is 0. The molecule has 1 aliphatic carbocycles. The molecule has 3 N–H and O–H groups in total. The van der Waals surface area contributed by atoms with Crippen molar-refractivity contribution in [1.82, 2.24) is 15.6 Å². The Labute approximate surface area is 218 Å². The normalized spacial score (nSPS) is 18.4. The lowest BCUT2D eigenvalue weighted by Gasteiger charge is -2.31. The van der Waals surface area contributed by atoms with Crippen molar-refractivity contribution in [2.45, 2.75) is 57.0 Å². The quantitative estimate of drug-likeness (QED) is 0.294. The van der Waals surface area contributed by atoms with E-state index >= 15 is 0 Å². The zero-order valence-corrected chi connectivity index (χ0v) is 21.3. The van der Waals surface area contributed by atoms with Crippen LogP contribution in [0.25, 0.3) is 10.9 Å². The van der Waals surface area contributed by atoms with Crippen LogP contribution in [0.3, 0.4) is 0 Å². The molecule has 1 aliphatic rings. The number of hydrogen-bond acceptors (Lipinski definition) is 2. The van der Waals surface area contributed by atoms with Gasteiger partial charge in [0.1, 0.15) is 6.04 Å². The minimum Gasteiger partial charge on any atom is -0.361 e. The summed E-state index contributed by atoms with van der Waals surface area (Å²) in [5.74, 6) is -0.357. The van der Waals surface area contributed by atoms with E-state index in [0.717, 1.165) is 46.9 Å². The number of H-pyrrole nitrogens is 1. The van der Waals surface area contributed by atoms with E-state index in [0.29, 0.717) is 12.3 Å². The maximum atomic E-state index is 13.9. The van der Waals surface area contributed by atoms with Crippen molar-refractivity contribution in [3.63, 3.8) is 0 Å². The minimum atomic E-state index is -0.684. The second-order valence-corrected chi connectivity index (χ2v) is 10.3. The van der Waals surface area contributed by atoms with Gasteiger partial charge in [0.15, 0.2) is 0 Å². The molecule has 0 bridgehead atoms. The van der Waals surface area contributed by atoms with Crippen LogP contribution in [0.2, 0.25) is 0 Å². The lowest BCUT2D eigenvalue weighted by atomic mass is 9.85. The van der Waals surface area contributed by atoms with Crippen LogP contribution < -0.4 is 10.6 Å².